The van der Waals surface area contributed by atoms with Gasteiger partial charge in [0, 0.05) is 24.9 Å². The van der Waals surface area contributed by atoms with E-state index in [4.69, 9.17) is 10.3 Å². The Hall–Kier alpha value is -2.44. The van der Waals surface area contributed by atoms with Crippen LogP contribution in [-0.4, -0.2) is 38.9 Å². The first-order chi connectivity index (χ1) is 14.2. The molecule has 0 aliphatic heterocycles. The maximum Gasteiger partial charge on any atom is 0.267 e. The maximum atomic E-state index is 11.1. The van der Waals surface area contributed by atoms with Crippen molar-refractivity contribution in [2.75, 3.05) is 13.1 Å². The number of carbonyl (C=O) groups excluding carboxylic acids is 1. The predicted molar refractivity (Wildman–Crippen MR) is 121 cm³/mol. The van der Waals surface area contributed by atoms with E-state index in [1.165, 1.54) is 22.9 Å². The molecule has 1 heterocycles. The Morgan fingerprint density at radius 2 is 1.87 bits per heavy atom. The third-order valence-electron chi connectivity index (χ3n) is 5.22. The standard InChI is InChI=1S/C24H36N4O2/c1-7-15-27(16-14-22-18(2)25-28(19(22)3)24(4,5)6)17-21-10-8-20(9-11-21)12-13-23(29)26-30/h8-13,30H,7,14-17H2,1-6H3,(H,26,29)/b13-12+. The van der Waals surface area contributed by atoms with Gasteiger partial charge in [0.2, 0.25) is 0 Å². The van der Waals surface area contributed by atoms with Gasteiger partial charge in [-0.2, -0.15) is 5.10 Å². The average Bonchev–Trinajstić information content (AvgIpc) is 2.99. The van der Waals surface area contributed by atoms with E-state index in [0.717, 1.165) is 43.7 Å². The van der Waals surface area contributed by atoms with Gasteiger partial charge in [0.25, 0.3) is 5.91 Å². The normalized spacial score (nSPS) is 12.1. The molecule has 164 valence electrons. The van der Waals surface area contributed by atoms with Crippen LogP contribution >= 0.6 is 0 Å². The van der Waals surface area contributed by atoms with Crippen LogP contribution in [0.4, 0.5) is 0 Å². The Bertz CT molecular complexity index is 861. The van der Waals surface area contributed by atoms with E-state index >= 15 is 0 Å². The number of hydrogen-bond donors (Lipinski definition) is 2. The van der Waals surface area contributed by atoms with E-state index in [-0.39, 0.29) is 5.54 Å². The molecule has 1 aromatic heterocycles. The van der Waals surface area contributed by atoms with E-state index in [9.17, 15) is 4.79 Å². The van der Waals surface area contributed by atoms with Crippen LogP contribution in [0, 0.1) is 13.8 Å². The van der Waals surface area contributed by atoms with Crippen LogP contribution in [0.3, 0.4) is 0 Å². The van der Waals surface area contributed by atoms with Crippen molar-refractivity contribution in [3.8, 4) is 0 Å². The maximum absolute atomic E-state index is 11.1. The van der Waals surface area contributed by atoms with Crippen molar-refractivity contribution in [1.29, 1.82) is 0 Å². The molecule has 2 N–H and O–H groups in total. The first-order valence-electron chi connectivity index (χ1n) is 10.6. The van der Waals surface area contributed by atoms with E-state index in [1.54, 1.807) is 11.6 Å². The number of rotatable bonds is 9. The summed E-state index contributed by atoms with van der Waals surface area (Å²) in [5, 5.41) is 13.3. The molecule has 0 atom stereocenters. The number of benzene rings is 1. The highest BCUT2D eigenvalue weighted by molar-refractivity contribution is 5.90. The van der Waals surface area contributed by atoms with Crippen LogP contribution in [0.25, 0.3) is 6.08 Å². The van der Waals surface area contributed by atoms with Gasteiger partial charge >= 0.3 is 0 Å². The molecule has 0 aliphatic carbocycles. The third kappa shape index (κ3) is 6.54. The lowest BCUT2D eigenvalue weighted by Gasteiger charge is -2.23. The molecule has 30 heavy (non-hydrogen) atoms. The molecular weight excluding hydrogens is 376 g/mol. The predicted octanol–water partition coefficient (Wildman–Crippen LogP) is 4.23. The zero-order valence-corrected chi connectivity index (χ0v) is 19.2. The van der Waals surface area contributed by atoms with Gasteiger partial charge in [0.1, 0.15) is 0 Å². The SMILES string of the molecule is CCCN(CCc1c(C)nn(C(C)(C)C)c1C)Cc1ccc(/C=C/C(=O)NO)cc1. The molecule has 0 fully saturated rings. The molecule has 6 nitrogen and oxygen atoms in total. The van der Waals surface area contributed by atoms with Crippen LogP contribution in [0.5, 0.6) is 0 Å². The summed E-state index contributed by atoms with van der Waals surface area (Å²) < 4.78 is 2.14. The molecule has 0 aliphatic rings. The van der Waals surface area contributed by atoms with Gasteiger partial charge in [-0.1, -0.05) is 31.2 Å². The summed E-state index contributed by atoms with van der Waals surface area (Å²) in [6, 6.07) is 8.16. The lowest BCUT2D eigenvalue weighted by molar-refractivity contribution is -0.124. The van der Waals surface area contributed by atoms with Gasteiger partial charge in [-0.15, -0.1) is 0 Å². The van der Waals surface area contributed by atoms with Gasteiger partial charge in [-0.25, -0.2) is 5.48 Å². The van der Waals surface area contributed by atoms with Gasteiger partial charge in [-0.05, 0) is 76.8 Å². The third-order valence-corrected chi connectivity index (χ3v) is 5.22. The van der Waals surface area contributed by atoms with Gasteiger partial charge < -0.3 is 0 Å². The van der Waals surface area contributed by atoms with Crippen molar-refractivity contribution < 1.29 is 10.0 Å². The minimum Gasteiger partial charge on any atom is -0.299 e. The van der Waals surface area contributed by atoms with Crippen LogP contribution in [-0.2, 0) is 23.3 Å². The molecule has 0 spiro atoms. The molecule has 0 unspecified atom stereocenters. The number of hydrogen-bond acceptors (Lipinski definition) is 4. The highest BCUT2D eigenvalue weighted by Crippen LogP contribution is 2.22. The largest absolute Gasteiger partial charge is 0.299 e. The van der Waals surface area contributed by atoms with E-state index < -0.39 is 5.91 Å². The van der Waals surface area contributed by atoms with Crippen LogP contribution in [0.1, 0.15) is 62.2 Å². The van der Waals surface area contributed by atoms with Gasteiger partial charge in [0.05, 0.1) is 11.2 Å². The molecule has 2 aromatic rings. The van der Waals surface area contributed by atoms with Gasteiger partial charge in [-0.3, -0.25) is 19.6 Å². The summed E-state index contributed by atoms with van der Waals surface area (Å²) in [6.45, 7) is 16.0. The van der Waals surface area contributed by atoms with Gasteiger partial charge in [0.15, 0.2) is 0 Å². The lowest BCUT2D eigenvalue weighted by atomic mass is 10.1. The summed E-state index contributed by atoms with van der Waals surface area (Å²) in [6.07, 6.45) is 5.08. The van der Waals surface area contributed by atoms with Crippen LogP contribution in [0.2, 0.25) is 0 Å². The number of aryl methyl sites for hydroxylation is 1. The van der Waals surface area contributed by atoms with Crippen LogP contribution < -0.4 is 5.48 Å². The molecular formula is C24H36N4O2. The fourth-order valence-electron chi connectivity index (χ4n) is 3.75. The first kappa shape index (κ1) is 23.8. The number of nitrogens with one attached hydrogen (secondary N) is 1. The Balaban J connectivity index is 2.04. The lowest BCUT2D eigenvalue weighted by Crippen LogP contribution is -2.27. The first-order valence-corrected chi connectivity index (χ1v) is 10.6. The zero-order valence-electron chi connectivity index (χ0n) is 19.2. The van der Waals surface area contributed by atoms with Crippen molar-refractivity contribution >= 4 is 12.0 Å². The van der Waals surface area contributed by atoms with E-state index in [2.05, 4.69) is 63.3 Å². The monoisotopic (exact) mass is 412 g/mol. The number of nitrogens with zero attached hydrogens (tertiary/aromatic N) is 3. The second kappa shape index (κ2) is 10.5. The highest BCUT2D eigenvalue weighted by atomic mass is 16.5. The molecule has 0 saturated heterocycles. The summed E-state index contributed by atoms with van der Waals surface area (Å²) >= 11 is 0. The van der Waals surface area contributed by atoms with Crippen molar-refractivity contribution in [3.05, 3.63) is 58.4 Å². The van der Waals surface area contributed by atoms with Crippen molar-refractivity contribution in [1.82, 2.24) is 20.2 Å². The summed E-state index contributed by atoms with van der Waals surface area (Å²) in [5.41, 5.74) is 7.49. The van der Waals surface area contributed by atoms with E-state index in [0.29, 0.717) is 0 Å². The van der Waals surface area contributed by atoms with Crippen LogP contribution in [0.15, 0.2) is 30.3 Å². The summed E-state index contributed by atoms with van der Waals surface area (Å²) in [5.74, 6) is -0.534. The minimum atomic E-state index is -0.534. The second-order valence-electron chi connectivity index (χ2n) is 8.81. The Labute approximate surface area is 180 Å². The quantitative estimate of drug-likeness (QED) is 0.367. The highest BCUT2D eigenvalue weighted by Gasteiger charge is 2.21. The Morgan fingerprint density at radius 3 is 2.40 bits per heavy atom. The molecule has 0 saturated carbocycles. The minimum absolute atomic E-state index is 0.00968. The van der Waals surface area contributed by atoms with Crippen molar-refractivity contribution in [2.24, 2.45) is 0 Å². The fourth-order valence-corrected chi connectivity index (χ4v) is 3.75. The Morgan fingerprint density at radius 1 is 1.20 bits per heavy atom. The second-order valence-corrected chi connectivity index (χ2v) is 8.81. The molecule has 1 amide bonds. The average molecular weight is 413 g/mol. The topological polar surface area (TPSA) is 70.4 Å². The molecule has 6 heteroatoms. The number of amides is 1. The number of hydroxylamine groups is 1. The summed E-state index contributed by atoms with van der Waals surface area (Å²) in [7, 11) is 0. The molecule has 1 aromatic carbocycles. The molecule has 0 radical (unpaired) electrons. The summed E-state index contributed by atoms with van der Waals surface area (Å²) in [4.78, 5) is 13.6. The van der Waals surface area contributed by atoms with Crippen molar-refractivity contribution in [2.45, 2.75) is 66.5 Å². The zero-order chi connectivity index (χ0) is 22.3. The van der Waals surface area contributed by atoms with Crippen molar-refractivity contribution in [3.63, 3.8) is 0 Å². The van der Waals surface area contributed by atoms with E-state index in [1.807, 2.05) is 12.1 Å². The molecule has 0 bridgehead atoms. The smallest absolute Gasteiger partial charge is 0.267 e. The fraction of sp³-hybridized carbons (Fsp3) is 0.500. The molecule has 2 rings (SSSR count). The number of aromatic nitrogens is 2. The number of carbonyl (C=O) groups is 1. The Kier molecular flexibility index (Phi) is 8.38.